The summed E-state index contributed by atoms with van der Waals surface area (Å²) in [5.41, 5.74) is -1.79. The van der Waals surface area contributed by atoms with Crippen LogP contribution in [-0.4, -0.2) is 16.4 Å². The molecule has 7 heteroatoms. The molecule has 0 saturated carbocycles. The van der Waals surface area contributed by atoms with Gasteiger partial charge in [0.1, 0.15) is 11.6 Å². The van der Waals surface area contributed by atoms with E-state index in [0.29, 0.717) is 0 Å². The Hall–Kier alpha value is -1.71. The first kappa shape index (κ1) is 11.4. The third kappa shape index (κ3) is 2.03. The average Bonchev–Trinajstić information content (AvgIpc) is 2.44. The lowest BCUT2D eigenvalue weighted by molar-refractivity contribution is -0.141. The van der Waals surface area contributed by atoms with Crippen molar-refractivity contribution < 1.29 is 17.9 Å². The van der Waals surface area contributed by atoms with Gasteiger partial charge in [0.2, 0.25) is 5.88 Å². The van der Waals surface area contributed by atoms with Crippen molar-refractivity contribution in [3.63, 3.8) is 0 Å². The van der Waals surface area contributed by atoms with Crippen LogP contribution in [0.15, 0.2) is 0 Å². The maximum atomic E-state index is 12.4. The highest BCUT2D eigenvalue weighted by atomic mass is 19.4. The quantitative estimate of drug-likeness (QED) is 0.760. The number of nitrogens with zero attached hydrogens (tertiary/aromatic N) is 3. The van der Waals surface area contributed by atoms with E-state index in [1.54, 1.807) is 6.92 Å². The van der Waals surface area contributed by atoms with E-state index in [0.717, 1.165) is 4.68 Å². The van der Waals surface area contributed by atoms with Crippen LogP contribution in [0.4, 0.5) is 13.2 Å². The Kier molecular flexibility index (Phi) is 2.88. The minimum atomic E-state index is -4.64. The second-order valence-corrected chi connectivity index (χ2v) is 2.69. The largest absolute Gasteiger partial charge is 0.477 e. The zero-order valence-electron chi connectivity index (χ0n) is 8.09. The highest BCUT2D eigenvalue weighted by Gasteiger charge is 2.39. The summed E-state index contributed by atoms with van der Waals surface area (Å²) in [5, 5.41) is 11.8. The van der Waals surface area contributed by atoms with Crippen molar-refractivity contribution in [1.82, 2.24) is 9.78 Å². The van der Waals surface area contributed by atoms with Crippen molar-refractivity contribution in [2.75, 3.05) is 6.61 Å². The molecule has 0 aromatic carbocycles. The summed E-state index contributed by atoms with van der Waals surface area (Å²) in [6.45, 7) is 1.78. The fraction of sp³-hybridized carbons (Fsp3) is 0.500. The molecule has 0 saturated heterocycles. The van der Waals surface area contributed by atoms with E-state index >= 15 is 0 Å². The van der Waals surface area contributed by atoms with Gasteiger partial charge in [-0.05, 0) is 6.92 Å². The molecule has 82 valence electrons. The van der Waals surface area contributed by atoms with Crippen molar-refractivity contribution in [3.05, 3.63) is 11.3 Å². The van der Waals surface area contributed by atoms with Gasteiger partial charge >= 0.3 is 6.18 Å². The average molecular weight is 219 g/mol. The number of ether oxygens (including phenoxy) is 1. The number of hydrogen-bond donors (Lipinski definition) is 0. The normalized spacial score (nSPS) is 11.2. The number of hydrogen-bond acceptors (Lipinski definition) is 3. The number of aryl methyl sites for hydroxylation is 1. The van der Waals surface area contributed by atoms with Crippen LogP contribution in [0.2, 0.25) is 0 Å². The molecule has 0 bridgehead atoms. The maximum absolute atomic E-state index is 12.4. The molecule has 0 spiro atoms. The predicted molar refractivity (Wildman–Crippen MR) is 44.1 cm³/mol. The van der Waals surface area contributed by atoms with Gasteiger partial charge in [-0.25, -0.2) is 4.68 Å². The molecule has 0 atom stereocenters. The fourth-order valence-corrected chi connectivity index (χ4v) is 1.11. The third-order valence-corrected chi connectivity index (χ3v) is 1.66. The van der Waals surface area contributed by atoms with E-state index in [2.05, 4.69) is 5.10 Å². The van der Waals surface area contributed by atoms with Crippen molar-refractivity contribution in [1.29, 1.82) is 5.26 Å². The molecule has 1 rings (SSSR count). The first-order valence-corrected chi connectivity index (χ1v) is 4.08. The molecule has 1 heterocycles. The molecule has 0 aliphatic rings. The zero-order valence-corrected chi connectivity index (χ0v) is 8.09. The van der Waals surface area contributed by atoms with E-state index in [4.69, 9.17) is 10.00 Å². The fourth-order valence-electron chi connectivity index (χ4n) is 1.11. The Bertz CT molecular complexity index is 402. The van der Waals surface area contributed by atoms with Gasteiger partial charge in [0, 0.05) is 7.05 Å². The number of aromatic nitrogens is 2. The van der Waals surface area contributed by atoms with Crippen molar-refractivity contribution in [2.24, 2.45) is 7.05 Å². The van der Waals surface area contributed by atoms with Gasteiger partial charge in [-0.2, -0.15) is 23.5 Å². The minimum absolute atomic E-state index is 0.160. The summed E-state index contributed by atoms with van der Waals surface area (Å²) >= 11 is 0. The Balaban J connectivity index is 3.33. The van der Waals surface area contributed by atoms with E-state index in [9.17, 15) is 13.2 Å². The van der Waals surface area contributed by atoms with Crippen molar-refractivity contribution in [2.45, 2.75) is 13.1 Å². The van der Waals surface area contributed by atoms with Crippen LogP contribution in [0, 0.1) is 11.3 Å². The highest BCUT2D eigenvalue weighted by Crippen LogP contribution is 2.34. The van der Waals surface area contributed by atoms with Crippen molar-refractivity contribution >= 4 is 0 Å². The van der Waals surface area contributed by atoms with Gasteiger partial charge in [-0.1, -0.05) is 0 Å². The molecular formula is C8H8F3N3O. The monoisotopic (exact) mass is 219 g/mol. The molecular weight excluding hydrogens is 211 g/mol. The molecule has 0 aliphatic heterocycles. The lowest BCUT2D eigenvalue weighted by atomic mass is 10.2. The summed E-state index contributed by atoms with van der Waals surface area (Å²) in [5.74, 6) is -0.160. The van der Waals surface area contributed by atoms with Crippen LogP contribution >= 0.6 is 0 Å². The van der Waals surface area contributed by atoms with Gasteiger partial charge in [0.15, 0.2) is 5.69 Å². The van der Waals surface area contributed by atoms with Crippen LogP contribution in [0.5, 0.6) is 5.88 Å². The molecule has 15 heavy (non-hydrogen) atoms. The Labute approximate surface area is 83.9 Å². The van der Waals surface area contributed by atoms with Crippen LogP contribution in [0.1, 0.15) is 18.2 Å². The van der Waals surface area contributed by atoms with E-state index in [-0.39, 0.29) is 12.5 Å². The standard InChI is InChI=1S/C8H8F3N3O/c1-3-15-7-5(4-12)6(8(9,10)11)13-14(7)2/h3H2,1-2H3. The van der Waals surface area contributed by atoms with Crippen LogP contribution in [0.3, 0.4) is 0 Å². The number of rotatable bonds is 2. The SMILES string of the molecule is CCOc1c(C#N)c(C(F)(F)F)nn1C. The van der Waals surface area contributed by atoms with E-state index in [1.165, 1.54) is 13.1 Å². The van der Waals surface area contributed by atoms with Crippen LogP contribution < -0.4 is 4.74 Å². The van der Waals surface area contributed by atoms with Gasteiger partial charge < -0.3 is 4.74 Å². The van der Waals surface area contributed by atoms with Crippen LogP contribution in [0.25, 0.3) is 0 Å². The first-order valence-electron chi connectivity index (χ1n) is 4.08. The second kappa shape index (κ2) is 3.81. The Morgan fingerprint density at radius 1 is 1.53 bits per heavy atom. The molecule has 0 unspecified atom stereocenters. The molecule has 1 aromatic heterocycles. The highest BCUT2D eigenvalue weighted by molar-refractivity contribution is 5.43. The van der Waals surface area contributed by atoms with E-state index < -0.39 is 17.4 Å². The molecule has 0 aliphatic carbocycles. The number of halogens is 3. The predicted octanol–water partition coefficient (Wildman–Crippen LogP) is 1.71. The Morgan fingerprint density at radius 3 is 2.53 bits per heavy atom. The molecule has 1 aromatic rings. The molecule has 0 radical (unpaired) electrons. The lowest BCUT2D eigenvalue weighted by Gasteiger charge is -2.02. The number of nitriles is 1. The third-order valence-electron chi connectivity index (χ3n) is 1.66. The van der Waals surface area contributed by atoms with Gasteiger partial charge in [-0.15, -0.1) is 0 Å². The van der Waals surface area contributed by atoms with Gasteiger partial charge in [0.05, 0.1) is 6.61 Å². The first-order chi connectivity index (χ1) is 6.91. The molecule has 4 nitrogen and oxygen atoms in total. The summed E-state index contributed by atoms with van der Waals surface area (Å²) in [6, 6.07) is 1.45. The summed E-state index contributed by atoms with van der Waals surface area (Å²) in [7, 11) is 1.29. The topological polar surface area (TPSA) is 50.8 Å². The summed E-state index contributed by atoms with van der Waals surface area (Å²) in [6.07, 6.45) is -4.64. The smallest absolute Gasteiger partial charge is 0.436 e. The Morgan fingerprint density at radius 2 is 2.13 bits per heavy atom. The van der Waals surface area contributed by atoms with Crippen LogP contribution in [-0.2, 0) is 13.2 Å². The maximum Gasteiger partial charge on any atom is 0.436 e. The zero-order chi connectivity index (χ0) is 11.6. The molecule has 0 N–H and O–H groups in total. The molecule has 0 amide bonds. The molecule has 0 fully saturated rings. The number of alkyl halides is 3. The van der Waals surface area contributed by atoms with Crippen molar-refractivity contribution in [3.8, 4) is 11.9 Å². The van der Waals surface area contributed by atoms with E-state index in [1.807, 2.05) is 0 Å². The summed E-state index contributed by atoms with van der Waals surface area (Å²) < 4.78 is 43.0. The van der Waals surface area contributed by atoms with Gasteiger partial charge in [0.25, 0.3) is 0 Å². The lowest BCUT2D eigenvalue weighted by Crippen LogP contribution is -2.08. The van der Waals surface area contributed by atoms with Gasteiger partial charge in [-0.3, -0.25) is 0 Å². The summed E-state index contributed by atoms with van der Waals surface area (Å²) in [4.78, 5) is 0. The minimum Gasteiger partial charge on any atom is -0.477 e. The second-order valence-electron chi connectivity index (χ2n) is 2.69.